The predicted octanol–water partition coefficient (Wildman–Crippen LogP) is 0.353. The summed E-state index contributed by atoms with van der Waals surface area (Å²) in [5.74, 6) is -0.302. The Morgan fingerprint density at radius 1 is 1.16 bits per heavy atom. The van der Waals surface area contributed by atoms with Gasteiger partial charge in [0.05, 0.1) is 6.61 Å². The van der Waals surface area contributed by atoms with Crippen LogP contribution in [0.15, 0.2) is 66.4 Å². The van der Waals surface area contributed by atoms with E-state index in [4.69, 9.17) is 14.6 Å². The minimum Gasteiger partial charge on any atom is -0.493 e. The van der Waals surface area contributed by atoms with Crippen LogP contribution in [0.1, 0.15) is 19.4 Å². The third kappa shape index (κ3) is 6.73. The van der Waals surface area contributed by atoms with Gasteiger partial charge >= 0.3 is 29.6 Å². The molecule has 0 atom stereocenters. The number of hydrogen-bond donors (Lipinski definition) is 4. The molecular weight excluding hydrogens is 419 g/mol. The number of carboxylic acid groups (broad SMARTS) is 1. The van der Waals surface area contributed by atoms with Gasteiger partial charge in [0, 0.05) is 17.9 Å². The summed E-state index contributed by atoms with van der Waals surface area (Å²) in [5, 5.41) is 10.9. The molecule has 1 amide bonds. The number of carbonyl (C=O) groups excluding carboxylic acids is 1. The molecule has 1 saturated heterocycles. The molecule has 1 fully saturated rings. The van der Waals surface area contributed by atoms with Crippen molar-refractivity contribution in [3.05, 3.63) is 78.0 Å². The molecule has 32 heavy (non-hydrogen) atoms. The monoisotopic (exact) mass is 442 g/mol. The van der Waals surface area contributed by atoms with Crippen molar-refractivity contribution < 1.29 is 49.0 Å². The van der Waals surface area contributed by atoms with Crippen LogP contribution in [0.4, 0.5) is 5.69 Å². The average Bonchev–Trinajstić information content (AvgIpc) is 3.08. The van der Waals surface area contributed by atoms with Gasteiger partial charge in [0.1, 0.15) is 11.4 Å². The van der Waals surface area contributed by atoms with Gasteiger partial charge in [0.25, 0.3) is 11.9 Å². The molecule has 1 heterocycles. The van der Waals surface area contributed by atoms with E-state index in [1.165, 1.54) is 5.23 Å². The number of hydrogen-bond acceptors (Lipinski definition) is 6. The SMILES string of the molecule is CC(=O)O.CCOc1c(/C=C2/NN(Nc3cc[c-]cc3)NC2=O)ccc2ccccc12.[Na+]. The van der Waals surface area contributed by atoms with Crippen LogP contribution in [-0.4, -0.2) is 28.8 Å². The Balaban J connectivity index is 0.000000672. The van der Waals surface area contributed by atoms with Crippen molar-refractivity contribution in [2.24, 2.45) is 0 Å². The zero-order valence-corrected chi connectivity index (χ0v) is 20.2. The van der Waals surface area contributed by atoms with E-state index in [9.17, 15) is 4.79 Å². The molecule has 0 saturated carbocycles. The van der Waals surface area contributed by atoms with Crippen LogP contribution < -0.4 is 50.6 Å². The molecule has 1 aliphatic rings. The van der Waals surface area contributed by atoms with Gasteiger partial charge in [-0.1, -0.05) is 42.1 Å². The Hall–Kier alpha value is -3.04. The van der Waals surface area contributed by atoms with E-state index in [0.717, 1.165) is 34.7 Å². The molecule has 8 nitrogen and oxygen atoms in total. The normalized spacial score (nSPS) is 13.9. The molecule has 9 heteroatoms. The fraction of sp³-hybridized carbons (Fsp3) is 0.130. The van der Waals surface area contributed by atoms with Crippen LogP contribution in [0.25, 0.3) is 16.8 Å². The molecule has 3 aromatic rings. The van der Waals surface area contributed by atoms with Gasteiger partial charge in [0.2, 0.25) is 0 Å². The van der Waals surface area contributed by atoms with Gasteiger partial charge in [-0.25, -0.2) is 5.43 Å². The second-order valence-electron chi connectivity index (χ2n) is 6.50. The number of nitrogens with zero attached hydrogens (tertiary/aromatic N) is 1. The Morgan fingerprint density at radius 2 is 1.84 bits per heavy atom. The van der Waals surface area contributed by atoms with Gasteiger partial charge in [-0.05, 0) is 23.6 Å². The molecule has 4 N–H and O–H groups in total. The maximum absolute atomic E-state index is 12.3. The number of ether oxygens (including phenoxy) is 1. The van der Waals surface area contributed by atoms with Crippen molar-refractivity contribution in [3.63, 3.8) is 0 Å². The number of fused-ring (bicyclic) bond motifs is 1. The zero-order chi connectivity index (χ0) is 22.2. The number of rotatable bonds is 5. The fourth-order valence-corrected chi connectivity index (χ4v) is 2.94. The zero-order valence-electron chi connectivity index (χ0n) is 18.2. The van der Waals surface area contributed by atoms with E-state index in [0.29, 0.717) is 12.3 Å². The fourth-order valence-electron chi connectivity index (χ4n) is 2.94. The van der Waals surface area contributed by atoms with E-state index in [1.807, 2.05) is 55.5 Å². The van der Waals surface area contributed by atoms with Crippen molar-refractivity contribution in [1.82, 2.24) is 16.1 Å². The minimum atomic E-state index is -0.833. The molecule has 3 aromatic carbocycles. The van der Waals surface area contributed by atoms with E-state index < -0.39 is 5.97 Å². The Kier molecular flexibility index (Phi) is 9.55. The van der Waals surface area contributed by atoms with Gasteiger partial charge in [-0.3, -0.25) is 15.0 Å². The van der Waals surface area contributed by atoms with Crippen LogP contribution in [0.2, 0.25) is 0 Å². The summed E-state index contributed by atoms with van der Waals surface area (Å²) < 4.78 is 5.88. The van der Waals surface area contributed by atoms with Gasteiger partial charge < -0.3 is 15.3 Å². The number of carbonyl (C=O) groups is 2. The van der Waals surface area contributed by atoms with Crippen molar-refractivity contribution in [2.45, 2.75) is 13.8 Å². The van der Waals surface area contributed by atoms with Crippen LogP contribution in [0.5, 0.6) is 5.75 Å². The summed E-state index contributed by atoms with van der Waals surface area (Å²) in [6.07, 6.45) is 1.78. The first-order chi connectivity index (χ1) is 15.0. The topological polar surface area (TPSA) is 103 Å². The molecule has 160 valence electrons. The largest absolute Gasteiger partial charge is 1.00 e. The summed E-state index contributed by atoms with van der Waals surface area (Å²) in [4.78, 5) is 21.3. The van der Waals surface area contributed by atoms with E-state index in [2.05, 4.69) is 22.3 Å². The molecule has 1 aliphatic heterocycles. The van der Waals surface area contributed by atoms with E-state index in [1.54, 1.807) is 18.2 Å². The average molecular weight is 442 g/mol. The molecular formula is C23H23N4NaO4. The Bertz CT molecular complexity index is 1100. The third-order valence-corrected chi connectivity index (χ3v) is 4.15. The Labute approximate surface area is 208 Å². The first-order valence-electron chi connectivity index (χ1n) is 9.64. The first-order valence-corrected chi connectivity index (χ1v) is 9.64. The van der Waals surface area contributed by atoms with E-state index in [-0.39, 0.29) is 35.5 Å². The maximum Gasteiger partial charge on any atom is 1.00 e. The van der Waals surface area contributed by atoms with Gasteiger partial charge in [-0.15, -0.1) is 12.1 Å². The third-order valence-electron chi connectivity index (χ3n) is 4.15. The van der Waals surface area contributed by atoms with Crippen molar-refractivity contribution in [3.8, 4) is 5.75 Å². The first kappa shape index (κ1) is 25.2. The molecule has 0 aromatic heterocycles. The number of carboxylic acids is 1. The smallest absolute Gasteiger partial charge is 0.493 e. The molecule has 0 aliphatic carbocycles. The van der Waals surface area contributed by atoms with E-state index >= 15 is 0 Å². The molecule has 0 unspecified atom stereocenters. The number of nitrogens with one attached hydrogen (secondary N) is 3. The van der Waals surface area contributed by atoms with Crippen LogP contribution in [-0.2, 0) is 9.59 Å². The van der Waals surface area contributed by atoms with Crippen LogP contribution in [0.3, 0.4) is 0 Å². The van der Waals surface area contributed by atoms with Crippen LogP contribution >= 0.6 is 0 Å². The second kappa shape index (κ2) is 12.1. The molecule has 0 spiro atoms. The summed E-state index contributed by atoms with van der Waals surface area (Å²) in [6, 6.07) is 22.2. The van der Waals surface area contributed by atoms with Crippen molar-refractivity contribution in [1.29, 1.82) is 0 Å². The Morgan fingerprint density at radius 3 is 2.53 bits per heavy atom. The quantitative estimate of drug-likeness (QED) is 0.257. The number of benzene rings is 3. The minimum absolute atomic E-state index is 0. The van der Waals surface area contributed by atoms with Gasteiger partial charge in [0.15, 0.2) is 0 Å². The van der Waals surface area contributed by atoms with Crippen molar-refractivity contribution >= 4 is 34.4 Å². The predicted molar refractivity (Wildman–Crippen MR) is 118 cm³/mol. The van der Waals surface area contributed by atoms with Gasteiger partial charge in [-0.2, -0.15) is 18.2 Å². The summed E-state index contributed by atoms with van der Waals surface area (Å²) in [5.41, 5.74) is 10.9. The molecule has 0 bridgehead atoms. The summed E-state index contributed by atoms with van der Waals surface area (Å²) >= 11 is 0. The molecule has 0 radical (unpaired) electrons. The van der Waals surface area contributed by atoms with Crippen LogP contribution in [0, 0.1) is 6.07 Å². The number of hydrazine groups is 3. The summed E-state index contributed by atoms with van der Waals surface area (Å²) in [7, 11) is 0. The number of amides is 1. The molecule has 4 rings (SSSR count). The number of anilines is 1. The van der Waals surface area contributed by atoms with Crippen molar-refractivity contribution in [2.75, 3.05) is 12.0 Å². The maximum atomic E-state index is 12.3. The second-order valence-corrected chi connectivity index (χ2v) is 6.50. The number of aliphatic carboxylic acids is 1. The standard InChI is InChI=1S/C21H19N4O2.C2H4O2.Na/c1-2-27-20-16(13-12-15-8-6-7-11-18(15)20)14-19-21(26)24-25(23-19)22-17-9-4-3-5-10-17;1-2(3)4;/h4-14,22-23H,2H2,1H3,(H,24,26);1H3,(H,3,4);/q-1;;+1/b19-14+;;. The summed E-state index contributed by atoms with van der Waals surface area (Å²) in [6.45, 7) is 3.57.